The molecule has 2 heterocycles. The minimum Gasteiger partial charge on any atom is -0.339 e. The predicted octanol–water partition coefficient (Wildman–Crippen LogP) is 1.27. The van der Waals surface area contributed by atoms with Gasteiger partial charge in [-0.2, -0.15) is 0 Å². The standard InChI is InChI=1S/C20H28N4O3/c1-14(2)24-13-16(12-18(24)25)19(26)21-17-6-4-15(5-7-17)20(27)23-10-8-22(3)9-11-23/h4-7,14,16H,8-13H2,1-3H3,(H,21,26). The zero-order valence-corrected chi connectivity index (χ0v) is 16.3. The van der Waals surface area contributed by atoms with Crippen molar-refractivity contribution in [1.29, 1.82) is 0 Å². The van der Waals surface area contributed by atoms with E-state index in [1.807, 2.05) is 18.7 Å². The molecule has 146 valence electrons. The van der Waals surface area contributed by atoms with Crippen molar-refractivity contribution in [2.24, 2.45) is 5.92 Å². The third kappa shape index (κ3) is 4.47. The third-order valence-electron chi connectivity index (χ3n) is 5.34. The van der Waals surface area contributed by atoms with E-state index in [4.69, 9.17) is 0 Å². The van der Waals surface area contributed by atoms with Gasteiger partial charge in [-0.1, -0.05) is 0 Å². The number of hydrogen-bond acceptors (Lipinski definition) is 4. The van der Waals surface area contributed by atoms with Crippen molar-refractivity contribution in [2.75, 3.05) is 45.1 Å². The smallest absolute Gasteiger partial charge is 0.253 e. The number of hydrogen-bond donors (Lipinski definition) is 1. The Kier molecular flexibility index (Phi) is 5.79. The number of rotatable bonds is 4. The Labute approximate surface area is 160 Å². The van der Waals surface area contributed by atoms with Crippen LogP contribution in [-0.2, 0) is 9.59 Å². The van der Waals surface area contributed by atoms with Crippen LogP contribution in [0, 0.1) is 5.92 Å². The lowest BCUT2D eigenvalue weighted by Gasteiger charge is -2.32. The Morgan fingerprint density at radius 3 is 2.26 bits per heavy atom. The van der Waals surface area contributed by atoms with Crippen LogP contribution >= 0.6 is 0 Å². The van der Waals surface area contributed by atoms with E-state index in [2.05, 4.69) is 17.3 Å². The molecule has 2 fully saturated rings. The Balaban J connectivity index is 1.57. The molecule has 1 atom stereocenters. The predicted molar refractivity (Wildman–Crippen MR) is 103 cm³/mol. The Bertz CT molecular complexity index is 708. The summed E-state index contributed by atoms with van der Waals surface area (Å²) in [4.78, 5) is 42.8. The normalized spacial score (nSPS) is 21.0. The van der Waals surface area contributed by atoms with Crippen molar-refractivity contribution in [3.63, 3.8) is 0 Å². The van der Waals surface area contributed by atoms with Gasteiger partial charge in [-0.05, 0) is 45.2 Å². The number of anilines is 1. The van der Waals surface area contributed by atoms with E-state index in [9.17, 15) is 14.4 Å². The molecule has 3 amide bonds. The van der Waals surface area contributed by atoms with Crippen molar-refractivity contribution in [1.82, 2.24) is 14.7 Å². The second-order valence-corrected chi connectivity index (χ2v) is 7.70. The van der Waals surface area contributed by atoms with Crippen molar-refractivity contribution in [3.05, 3.63) is 29.8 Å². The van der Waals surface area contributed by atoms with Crippen LogP contribution < -0.4 is 5.32 Å². The molecule has 7 heteroatoms. The number of nitrogens with zero attached hydrogens (tertiary/aromatic N) is 3. The first-order valence-electron chi connectivity index (χ1n) is 9.53. The molecule has 1 aromatic rings. The molecule has 1 aromatic carbocycles. The van der Waals surface area contributed by atoms with Gasteiger partial charge in [0.15, 0.2) is 0 Å². The molecule has 2 saturated heterocycles. The van der Waals surface area contributed by atoms with E-state index in [1.54, 1.807) is 29.2 Å². The van der Waals surface area contributed by atoms with Crippen LogP contribution in [0.25, 0.3) is 0 Å². The number of carbonyl (C=O) groups excluding carboxylic acids is 3. The highest BCUT2D eigenvalue weighted by Crippen LogP contribution is 2.22. The van der Waals surface area contributed by atoms with Crippen LogP contribution in [0.2, 0.25) is 0 Å². The molecule has 0 bridgehead atoms. The summed E-state index contributed by atoms with van der Waals surface area (Å²) in [5, 5.41) is 2.87. The summed E-state index contributed by atoms with van der Waals surface area (Å²) in [6, 6.07) is 7.10. The van der Waals surface area contributed by atoms with E-state index in [0.717, 1.165) is 26.2 Å². The molecule has 0 aromatic heterocycles. The van der Waals surface area contributed by atoms with E-state index in [1.165, 1.54) is 0 Å². The highest BCUT2D eigenvalue weighted by atomic mass is 16.2. The van der Waals surface area contributed by atoms with Crippen LogP contribution in [-0.4, -0.2) is 78.2 Å². The summed E-state index contributed by atoms with van der Waals surface area (Å²) < 4.78 is 0. The quantitative estimate of drug-likeness (QED) is 0.864. The van der Waals surface area contributed by atoms with Crippen LogP contribution in [0.1, 0.15) is 30.6 Å². The minimum atomic E-state index is -0.327. The summed E-state index contributed by atoms with van der Waals surface area (Å²) in [5.74, 6) is -0.426. The molecule has 0 radical (unpaired) electrons. The van der Waals surface area contributed by atoms with Crippen molar-refractivity contribution in [3.8, 4) is 0 Å². The van der Waals surface area contributed by atoms with Gasteiger partial charge in [-0.25, -0.2) is 0 Å². The fraction of sp³-hybridized carbons (Fsp3) is 0.550. The van der Waals surface area contributed by atoms with E-state index in [0.29, 0.717) is 17.8 Å². The van der Waals surface area contributed by atoms with Gasteiger partial charge in [0.1, 0.15) is 0 Å². The first kappa shape index (κ1) is 19.4. The van der Waals surface area contributed by atoms with Crippen molar-refractivity contribution < 1.29 is 14.4 Å². The second-order valence-electron chi connectivity index (χ2n) is 7.70. The van der Waals surface area contributed by atoms with Crippen molar-refractivity contribution >= 4 is 23.4 Å². The Morgan fingerprint density at radius 1 is 1.07 bits per heavy atom. The maximum absolute atomic E-state index is 12.6. The Hall–Kier alpha value is -2.41. The number of benzene rings is 1. The summed E-state index contributed by atoms with van der Waals surface area (Å²) in [6.07, 6.45) is 0.254. The molecule has 0 aliphatic carbocycles. The van der Waals surface area contributed by atoms with E-state index in [-0.39, 0.29) is 36.1 Å². The number of likely N-dealkylation sites (N-methyl/N-ethyl adjacent to an activating group) is 1. The first-order chi connectivity index (χ1) is 12.8. The molecule has 0 spiro atoms. The monoisotopic (exact) mass is 372 g/mol. The SMILES string of the molecule is CC(C)N1CC(C(=O)Nc2ccc(C(=O)N3CCN(C)CC3)cc2)CC1=O. The molecule has 27 heavy (non-hydrogen) atoms. The lowest BCUT2D eigenvalue weighted by atomic mass is 10.1. The molecule has 0 saturated carbocycles. The van der Waals surface area contributed by atoms with Gasteiger partial charge >= 0.3 is 0 Å². The van der Waals surface area contributed by atoms with Gasteiger partial charge in [0, 0.05) is 56.4 Å². The number of likely N-dealkylation sites (tertiary alicyclic amines) is 1. The maximum atomic E-state index is 12.6. The van der Waals surface area contributed by atoms with E-state index < -0.39 is 0 Å². The van der Waals surface area contributed by atoms with Crippen molar-refractivity contribution in [2.45, 2.75) is 26.3 Å². The third-order valence-corrected chi connectivity index (χ3v) is 5.34. The van der Waals surface area contributed by atoms with E-state index >= 15 is 0 Å². The zero-order valence-electron chi connectivity index (χ0n) is 16.3. The fourth-order valence-corrected chi connectivity index (χ4v) is 3.54. The molecule has 7 nitrogen and oxygen atoms in total. The first-order valence-corrected chi connectivity index (χ1v) is 9.53. The molecule has 1 N–H and O–H groups in total. The van der Waals surface area contributed by atoms with Gasteiger partial charge < -0.3 is 20.0 Å². The lowest BCUT2D eigenvalue weighted by molar-refractivity contribution is -0.129. The maximum Gasteiger partial charge on any atom is 0.253 e. The zero-order chi connectivity index (χ0) is 19.6. The van der Waals surface area contributed by atoms with Crippen LogP contribution in [0.3, 0.4) is 0 Å². The average molecular weight is 372 g/mol. The number of nitrogens with one attached hydrogen (secondary N) is 1. The van der Waals surface area contributed by atoms with Crippen LogP contribution in [0.15, 0.2) is 24.3 Å². The van der Waals surface area contributed by atoms with Gasteiger partial charge in [-0.3, -0.25) is 14.4 Å². The van der Waals surface area contributed by atoms with Gasteiger partial charge in [-0.15, -0.1) is 0 Å². The fourth-order valence-electron chi connectivity index (χ4n) is 3.54. The summed E-state index contributed by atoms with van der Waals surface area (Å²) in [6.45, 7) is 7.59. The van der Waals surface area contributed by atoms with Crippen LogP contribution in [0.5, 0.6) is 0 Å². The summed E-state index contributed by atoms with van der Waals surface area (Å²) in [7, 11) is 2.05. The van der Waals surface area contributed by atoms with Gasteiger partial charge in [0.25, 0.3) is 5.91 Å². The molecule has 1 unspecified atom stereocenters. The highest BCUT2D eigenvalue weighted by molar-refractivity contribution is 5.98. The number of amides is 3. The molecule has 2 aliphatic rings. The van der Waals surface area contributed by atoms with Gasteiger partial charge in [0.05, 0.1) is 5.92 Å². The minimum absolute atomic E-state index is 0.0231. The summed E-state index contributed by atoms with van der Waals surface area (Å²) >= 11 is 0. The lowest BCUT2D eigenvalue weighted by Crippen LogP contribution is -2.47. The van der Waals surface area contributed by atoms with Crippen LogP contribution in [0.4, 0.5) is 5.69 Å². The summed E-state index contributed by atoms with van der Waals surface area (Å²) in [5.41, 5.74) is 1.27. The Morgan fingerprint density at radius 2 is 1.70 bits per heavy atom. The molecule has 2 aliphatic heterocycles. The second kappa shape index (κ2) is 8.08. The average Bonchev–Trinajstić information content (AvgIpc) is 3.05. The topological polar surface area (TPSA) is 73.0 Å². The van der Waals surface area contributed by atoms with Gasteiger partial charge in [0.2, 0.25) is 11.8 Å². The molecular formula is C20H28N4O3. The number of piperazine rings is 1. The highest BCUT2D eigenvalue weighted by Gasteiger charge is 2.35. The largest absolute Gasteiger partial charge is 0.339 e. The molecular weight excluding hydrogens is 344 g/mol. The number of carbonyl (C=O) groups is 3. The molecule has 3 rings (SSSR count).